The molecule has 0 bridgehead atoms. The number of nitrogens with zero attached hydrogens (tertiary/aromatic N) is 1. The number of hydrogen-bond donors (Lipinski definition) is 0. The Morgan fingerprint density at radius 1 is 1.50 bits per heavy atom. The lowest BCUT2D eigenvalue weighted by atomic mass is 10.3. The molecule has 0 fully saturated rings. The van der Waals surface area contributed by atoms with E-state index in [4.69, 9.17) is 15.7 Å². The van der Waals surface area contributed by atoms with Gasteiger partial charge in [0.1, 0.15) is 18.1 Å². The van der Waals surface area contributed by atoms with E-state index in [1.165, 1.54) is 0 Å². The molecule has 64 valence electrons. The maximum Gasteiger partial charge on any atom is 0.221 e. The van der Waals surface area contributed by atoms with Crippen molar-refractivity contribution >= 4 is 0 Å². The zero-order chi connectivity index (χ0) is 8.81. The summed E-state index contributed by atoms with van der Waals surface area (Å²) in [5.74, 6) is 1.68. The first-order chi connectivity index (χ1) is 5.86. The Kier molecular flexibility index (Phi) is 3.36. The molecule has 0 N–H and O–H groups in total. The van der Waals surface area contributed by atoms with Crippen LogP contribution < -0.4 is 0 Å². The van der Waals surface area contributed by atoms with E-state index in [1.807, 2.05) is 12.1 Å². The van der Waals surface area contributed by atoms with E-state index in [0.29, 0.717) is 19.6 Å². The molecule has 0 amide bonds. The van der Waals surface area contributed by atoms with Crippen molar-refractivity contribution in [3.63, 3.8) is 0 Å². The van der Waals surface area contributed by atoms with Crippen LogP contribution in [0.2, 0.25) is 0 Å². The Bertz CT molecular complexity index is 272. The van der Waals surface area contributed by atoms with Gasteiger partial charge in [0.25, 0.3) is 0 Å². The summed E-state index contributed by atoms with van der Waals surface area (Å²) in [5.41, 5.74) is 0. The van der Waals surface area contributed by atoms with Crippen LogP contribution in [0, 0.1) is 6.57 Å². The lowest BCUT2D eigenvalue weighted by Crippen LogP contribution is -1.85. The van der Waals surface area contributed by atoms with Crippen molar-refractivity contribution in [1.29, 1.82) is 0 Å². The highest BCUT2D eigenvalue weighted by atomic mass is 16.5. The molecule has 0 aliphatic carbocycles. The third kappa shape index (κ3) is 2.40. The van der Waals surface area contributed by atoms with Crippen LogP contribution in [0.5, 0.6) is 0 Å². The van der Waals surface area contributed by atoms with Crippen LogP contribution >= 0.6 is 0 Å². The highest BCUT2D eigenvalue weighted by Crippen LogP contribution is 2.09. The summed E-state index contributed by atoms with van der Waals surface area (Å²) in [7, 11) is 1.63. The van der Waals surface area contributed by atoms with Crippen LogP contribution in [0.3, 0.4) is 0 Å². The molecule has 0 radical (unpaired) electrons. The second-order valence-electron chi connectivity index (χ2n) is 2.43. The number of furan rings is 1. The highest BCUT2D eigenvalue weighted by Gasteiger charge is 2.01. The standard InChI is InChI=1S/C9H11NO2/c1-10-6-5-8-3-4-9(12-8)7-11-2/h3-4H,5-7H2,2H3. The molecule has 1 aromatic rings. The normalized spacial score (nSPS) is 9.67. The van der Waals surface area contributed by atoms with Gasteiger partial charge >= 0.3 is 0 Å². The summed E-state index contributed by atoms with van der Waals surface area (Å²) in [6.07, 6.45) is 0.688. The van der Waals surface area contributed by atoms with Gasteiger partial charge in [0.15, 0.2) is 0 Å². The predicted octanol–water partition coefficient (Wildman–Crippen LogP) is 1.89. The summed E-state index contributed by atoms with van der Waals surface area (Å²) >= 11 is 0. The fourth-order valence-electron chi connectivity index (χ4n) is 0.943. The molecule has 0 aromatic carbocycles. The topological polar surface area (TPSA) is 26.7 Å². The van der Waals surface area contributed by atoms with E-state index in [1.54, 1.807) is 7.11 Å². The first kappa shape index (κ1) is 8.82. The predicted molar refractivity (Wildman–Crippen MR) is 44.6 cm³/mol. The van der Waals surface area contributed by atoms with Crippen molar-refractivity contribution < 1.29 is 9.15 Å². The highest BCUT2D eigenvalue weighted by molar-refractivity contribution is 5.07. The summed E-state index contributed by atoms with van der Waals surface area (Å²) in [4.78, 5) is 3.24. The third-order valence-electron chi connectivity index (χ3n) is 1.47. The molecule has 0 unspecified atom stereocenters. The molecule has 0 saturated heterocycles. The summed E-state index contributed by atoms with van der Waals surface area (Å²) in [5, 5.41) is 0. The minimum absolute atomic E-state index is 0.486. The number of hydrogen-bond acceptors (Lipinski definition) is 2. The number of ether oxygens (including phenoxy) is 1. The average Bonchev–Trinajstić information content (AvgIpc) is 2.50. The lowest BCUT2D eigenvalue weighted by Gasteiger charge is -1.92. The smallest absolute Gasteiger partial charge is 0.221 e. The summed E-state index contributed by atoms with van der Waals surface area (Å²) < 4.78 is 10.2. The molecule has 0 aliphatic rings. The van der Waals surface area contributed by atoms with Crippen LogP contribution in [0.4, 0.5) is 0 Å². The fraction of sp³-hybridized carbons (Fsp3) is 0.444. The van der Waals surface area contributed by atoms with E-state index < -0.39 is 0 Å². The minimum Gasteiger partial charge on any atom is -0.463 e. The maximum atomic E-state index is 6.60. The Balaban J connectivity index is 2.47. The zero-order valence-corrected chi connectivity index (χ0v) is 7.04. The Labute approximate surface area is 71.8 Å². The van der Waals surface area contributed by atoms with E-state index in [0.717, 1.165) is 11.5 Å². The second kappa shape index (κ2) is 4.58. The van der Waals surface area contributed by atoms with Gasteiger partial charge in [0, 0.05) is 7.11 Å². The lowest BCUT2D eigenvalue weighted by molar-refractivity contribution is 0.163. The van der Waals surface area contributed by atoms with Gasteiger partial charge in [-0.05, 0) is 12.1 Å². The first-order valence-electron chi connectivity index (χ1n) is 3.76. The second-order valence-corrected chi connectivity index (χ2v) is 2.43. The van der Waals surface area contributed by atoms with Crippen LogP contribution in [0.25, 0.3) is 4.85 Å². The Morgan fingerprint density at radius 3 is 2.92 bits per heavy atom. The SMILES string of the molecule is [C-]#[N+]CCc1ccc(COC)o1. The summed E-state index contributed by atoms with van der Waals surface area (Å²) in [6.45, 7) is 7.58. The van der Waals surface area contributed by atoms with Crippen molar-refractivity contribution in [1.82, 2.24) is 0 Å². The van der Waals surface area contributed by atoms with E-state index in [-0.39, 0.29) is 0 Å². The van der Waals surface area contributed by atoms with Crippen molar-refractivity contribution in [3.05, 3.63) is 35.1 Å². The number of methoxy groups -OCH3 is 1. The van der Waals surface area contributed by atoms with E-state index >= 15 is 0 Å². The third-order valence-corrected chi connectivity index (χ3v) is 1.47. The van der Waals surface area contributed by atoms with Crippen LogP contribution in [-0.2, 0) is 17.8 Å². The van der Waals surface area contributed by atoms with Crippen molar-refractivity contribution in [2.24, 2.45) is 0 Å². The number of rotatable bonds is 4. The molecule has 0 aliphatic heterocycles. The molecular weight excluding hydrogens is 154 g/mol. The van der Waals surface area contributed by atoms with Gasteiger partial charge in [0.05, 0.1) is 6.42 Å². The molecule has 3 heteroatoms. The molecule has 12 heavy (non-hydrogen) atoms. The first-order valence-corrected chi connectivity index (χ1v) is 3.76. The van der Waals surface area contributed by atoms with Crippen molar-refractivity contribution in [2.45, 2.75) is 13.0 Å². The van der Waals surface area contributed by atoms with Crippen LogP contribution in [0.1, 0.15) is 11.5 Å². The quantitative estimate of drug-likeness (QED) is 0.637. The van der Waals surface area contributed by atoms with E-state index in [9.17, 15) is 0 Å². The molecule has 1 heterocycles. The Hall–Kier alpha value is -1.27. The molecule has 0 spiro atoms. The summed E-state index contributed by atoms with van der Waals surface area (Å²) in [6, 6.07) is 3.77. The van der Waals surface area contributed by atoms with Gasteiger partial charge in [-0.1, -0.05) is 0 Å². The van der Waals surface area contributed by atoms with Crippen LogP contribution in [0.15, 0.2) is 16.5 Å². The van der Waals surface area contributed by atoms with Gasteiger partial charge in [0.2, 0.25) is 6.54 Å². The average molecular weight is 165 g/mol. The van der Waals surface area contributed by atoms with Gasteiger partial charge in [-0.2, -0.15) is 0 Å². The maximum absolute atomic E-state index is 6.60. The van der Waals surface area contributed by atoms with Gasteiger partial charge in [-0.3, -0.25) is 0 Å². The molecule has 0 saturated carbocycles. The molecule has 0 atom stereocenters. The fourth-order valence-corrected chi connectivity index (χ4v) is 0.943. The van der Waals surface area contributed by atoms with Crippen LogP contribution in [-0.4, -0.2) is 13.7 Å². The molecule has 1 rings (SSSR count). The van der Waals surface area contributed by atoms with E-state index in [2.05, 4.69) is 4.85 Å². The molecule has 3 nitrogen and oxygen atoms in total. The largest absolute Gasteiger partial charge is 0.463 e. The minimum atomic E-state index is 0.486. The van der Waals surface area contributed by atoms with Gasteiger partial charge < -0.3 is 14.0 Å². The molecular formula is C9H11NO2. The monoisotopic (exact) mass is 165 g/mol. The zero-order valence-electron chi connectivity index (χ0n) is 7.04. The van der Waals surface area contributed by atoms with Crippen molar-refractivity contribution in [3.8, 4) is 0 Å². The Morgan fingerprint density at radius 2 is 2.25 bits per heavy atom. The van der Waals surface area contributed by atoms with Gasteiger partial charge in [-0.25, -0.2) is 6.57 Å². The molecule has 1 aromatic heterocycles. The van der Waals surface area contributed by atoms with Crippen molar-refractivity contribution in [2.75, 3.05) is 13.7 Å². The van der Waals surface area contributed by atoms with Gasteiger partial charge in [-0.15, -0.1) is 0 Å².